The van der Waals surface area contributed by atoms with Gasteiger partial charge in [-0.25, -0.2) is 16.8 Å². The van der Waals surface area contributed by atoms with Gasteiger partial charge in [-0.15, -0.1) is 8.15 Å². The van der Waals surface area contributed by atoms with Crippen LogP contribution in [0.1, 0.15) is 25.0 Å². The van der Waals surface area contributed by atoms with Crippen LogP contribution in [0.3, 0.4) is 0 Å². The Bertz CT molecular complexity index is 1090. The molecule has 2 atom stereocenters. The van der Waals surface area contributed by atoms with Crippen molar-refractivity contribution >= 4 is 27.7 Å². The molecular weight excluding hydrogens is 435 g/mol. The highest BCUT2D eigenvalue weighted by atomic mass is 32.2. The zero-order valence-electron chi connectivity index (χ0n) is 16.4. The maximum Gasteiger partial charge on any atom is 0.371 e. The molecule has 8 nitrogen and oxygen atoms in total. The van der Waals surface area contributed by atoms with E-state index in [1.54, 1.807) is 38.1 Å². The molecule has 1 saturated heterocycles. The van der Waals surface area contributed by atoms with Crippen LogP contribution in [-0.4, -0.2) is 42.0 Å². The summed E-state index contributed by atoms with van der Waals surface area (Å²) in [5, 5.41) is 0. The normalized spacial score (nSPS) is 23.3. The first-order valence-electron chi connectivity index (χ1n) is 8.87. The van der Waals surface area contributed by atoms with Crippen molar-refractivity contribution in [2.24, 2.45) is 0 Å². The first kappa shape index (κ1) is 22.1. The number of sulfonamides is 2. The lowest BCUT2D eigenvalue weighted by Crippen LogP contribution is -2.37. The van der Waals surface area contributed by atoms with Gasteiger partial charge in [0.1, 0.15) is 0 Å². The SMILES string of the molecule is Cc1ccc(S(=O)(=O)N2[C@H](C)[C@@H](C)N(S(=O)(=O)c3ccc(C)cc3)P2(=O)O)cc1. The van der Waals surface area contributed by atoms with Gasteiger partial charge in [-0.1, -0.05) is 35.4 Å². The third-order valence-corrected chi connectivity index (χ3v) is 12.7. The summed E-state index contributed by atoms with van der Waals surface area (Å²) in [4.78, 5) is 10.5. The quantitative estimate of drug-likeness (QED) is 0.705. The summed E-state index contributed by atoms with van der Waals surface area (Å²) in [6.07, 6.45) is 0. The van der Waals surface area contributed by atoms with Crippen LogP contribution in [0.5, 0.6) is 0 Å². The van der Waals surface area contributed by atoms with E-state index in [4.69, 9.17) is 0 Å². The van der Waals surface area contributed by atoms with E-state index in [2.05, 4.69) is 0 Å². The molecular formula is C18H23N2O6PS2. The van der Waals surface area contributed by atoms with Crippen LogP contribution in [0.2, 0.25) is 0 Å². The molecule has 0 unspecified atom stereocenters. The fourth-order valence-corrected chi connectivity index (χ4v) is 10.8. The van der Waals surface area contributed by atoms with Gasteiger partial charge in [0.2, 0.25) is 0 Å². The lowest BCUT2D eigenvalue weighted by molar-refractivity contribution is 0.402. The van der Waals surface area contributed by atoms with E-state index in [9.17, 15) is 26.3 Å². The second-order valence-electron chi connectivity index (χ2n) is 7.18. The Kier molecular flexibility index (Phi) is 5.57. The van der Waals surface area contributed by atoms with Crippen molar-refractivity contribution in [1.29, 1.82) is 0 Å². The molecule has 0 amide bonds. The largest absolute Gasteiger partial charge is 0.371 e. The van der Waals surface area contributed by atoms with Gasteiger partial charge >= 0.3 is 7.67 Å². The van der Waals surface area contributed by atoms with Crippen molar-refractivity contribution in [3.63, 3.8) is 0 Å². The Balaban J connectivity index is 2.13. The summed E-state index contributed by atoms with van der Waals surface area (Å²) in [5.74, 6) is 0. The molecule has 0 spiro atoms. The summed E-state index contributed by atoms with van der Waals surface area (Å²) >= 11 is 0. The highest BCUT2D eigenvalue weighted by Crippen LogP contribution is 2.62. The van der Waals surface area contributed by atoms with Crippen LogP contribution < -0.4 is 0 Å². The summed E-state index contributed by atoms with van der Waals surface area (Å²) in [7, 11) is -13.8. The average Bonchev–Trinajstić information content (AvgIpc) is 2.80. The Morgan fingerprint density at radius 1 is 0.724 bits per heavy atom. The van der Waals surface area contributed by atoms with Gasteiger partial charge < -0.3 is 4.89 Å². The molecule has 3 rings (SSSR count). The molecule has 11 heteroatoms. The van der Waals surface area contributed by atoms with Gasteiger partial charge in [0.05, 0.1) is 9.79 Å². The van der Waals surface area contributed by atoms with Gasteiger partial charge in [0.25, 0.3) is 20.0 Å². The lowest BCUT2D eigenvalue weighted by Gasteiger charge is -2.25. The molecule has 1 aliphatic rings. The second kappa shape index (κ2) is 7.30. The minimum atomic E-state index is -4.98. The van der Waals surface area contributed by atoms with Gasteiger partial charge in [-0.05, 0) is 52.0 Å². The highest BCUT2D eigenvalue weighted by Gasteiger charge is 2.61. The summed E-state index contributed by atoms with van der Waals surface area (Å²) in [6.45, 7) is 6.40. The number of aryl methyl sites for hydroxylation is 2. The molecule has 1 fully saturated rings. The fourth-order valence-electron chi connectivity index (χ4n) is 3.28. The standard InChI is InChI=1S/C18H23N2O6PS2/c1-13-5-9-17(10-6-13)28(23,24)19-15(3)16(4)20(27(19,21)22)29(25,26)18-11-7-14(2)8-12-18/h5-12,15-16H,1-4H3,(H,21,22)/t15-,16-/m1/s1. The van der Waals surface area contributed by atoms with E-state index in [1.165, 1.54) is 38.1 Å². The van der Waals surface area contributed by atoms with E-state index in [0.29, 0.717) is 8.15 Å². The smallest absolute Gasteiger partial charge is 0.320 e. The molecule has 0 aliphatic carbocycles. The predicted molar refractivity (Wildman–Crippen MR) is 109 cm³/mol. The topological polar surface area (TPSA) is 112 Å². The van der Waals surface area contributed by atoms with Crippen molar-refractivity contribution in [2.75, 3.05) is 0 Å². The minimum Gasteiger partial charge on any atom is -0.320 e. The molecule has 158 valence electrons. The molecule has 1 heterocycles. The average molecular weight is 458 g/mol. The number of hydrogen-bond acceptors (Lipinski definition) is 5. The zero-order chi connectivity index (χ0) is 21.8. The van der Waals surface area contributed by atoms with Gasteiger partial charge in [-0.3, -0.25) is 4.57 Å². The summed E-state index contributed by atoms with van der Waals surface area (Å²) in [6, 6.07) is 9.52. The highest BCUT2D eigenvalue weighted by molar-refractivity contribution is 7.99. The van der Waals surface area contributed by atoms with Gasteiger partial charge in [0.15, 0.2) is 0 Å². The monoisotopic (exact) mass is 458 g/mol. The molecule has 1 N–H and O–H groups in total. The molecule has 2 aromatic carbocycles. The maximum atomic E-state index is 13.3. The minimum absolute atomic E-state index is 0.175. The Labute approximate surface area is 171 Å². The fraction of sp³-hybridized carbons (Fsp3) is 0.333. The van der Waals surface area contributed by atoms with E-state index in [1.807, 2.05) is 0 Å². The van der Waals surface area contributed by atoms with Crippen molar-refractivity contribution in [3.05, 3.63) is 59.7 Å². The van der Waals surface area contributed by atoms with E-state index < -0.39 is 39.8 Å². The molecule has 1 aliphatic heterocycles. The van der Waals surface area contributed by atoms with Crippen molar-refractivity contribution in [1.82, 2.24) is 8.15 Å². The molecule has 0 bridgehead atoms. The van der Waals surface area contributed by atoms with E-state index in [0.717, 1.165) is 11.1 Å². The number of nitrogens with zero attached hydrogens (tertiary/aromatic N) is 2. The third-order valence-electron chi connectivity index (χ3n) is 5.04. The summed E-state index contributed by atoms with van der Waals surface area (Å²) in [5.41, 5.74) is 1.64. The Hall–Kier alpha value is -1.55. The number of benzene rings is 2. The van der Waals surface area contributed by atoms with Crippen LogP contribution in [0.25, 0.3) is 0 Å². The Morgan fingerprint density at radius 2 is 1.00 bits per heavy atom. The van der Waals surface area contributed by atoms with Crippen molar-refractivity contribution in [3.8, 4) is 0 Å². The van der Waals surface area contributed by atoms with Crippen LogP contribution in [0.15, 0.2) is 58.3 Å². The van der Waals surface area contributed by atoms with E-state index in [-0.39, 0.29) is 9.79 Å². The van der Waals surface area contributed by atoms with Crippen LogP contribution in [0.4, 0.5) is 0 Å². The van der Waals surface area contributed by atoms with Crippen molar-refractivity contribution in [2.45, 2.75) is 49.6 Å². The molecule has 29 heavy (non-hydrogen) atoms. The van der Waals surface area contributed by atoms with Gasteiger partial charge in [-0.2, -0.15) is 0 Å². The van der Waals surface area contributed by atoms with Gasteiger partial charge in [0, 0.05) is 12.1 Å². The predicted octanol–water partition coefficient (Wildman–Crippen LogP) is 2.88. The van der Waals surface area contributed by atoms with Crippen LogP contribution in [0, 0.1) is 13.8 Å². The molecule has 2 aromatic rings. The molecule has 0 radical (unpaired) electrons. The molecule has 0 aromatic heterocycles. The van der Waals surface area contributed by atoms with E-state index >= 15 is 0 Å². The number of hydrogen-bond donors (Lipinski definition) is 1. The van der Waals surface area contributed by atoms with Crippen LogP contribution >= 0.6 is 7.67 Å². The first-order chi connectivity index (χ1) is 13.3. The Morgan fingerprint density at radius 3 is 1.28 bits per heavy atom. The first-order valence-corrected chi connectivity index (χ1v) is 13.3. The summed E-state index contributed by atoms with van der Waals surface area (Å²) < 4.78 is 66.8. The number of rotatable bonds is 4. The van der Waals surface area contributed by atoms with Crippen LogP contribution in [-0.2, 0) is 24.6 Å². The maximum absolute atomic E-state index is 13.3. The van der Waals surface area contributed by atoms with Crippen molar-refractivity contribution < 1.29 is 26.3 Å². The molecule has 0 saturated carbocycles. The zero-order valence-corrected chi connectivity index (χ0v) is 18.9. The third kappa shape index (κ3) is 3.58. The second-order valence-corrected chi connectivity index (χ2v) is 13.2. The lowest BCUT2D eigenvalue weighted by atomic mass is 10.2.